The molecule has 1 heterocycles. The Bertz CT molecular complexity index is 1090. The molecule has 0 unspecified atom stereocenters. The molecule has 0 amide bonds. The summed E-state index contributed by atoms with van der Waals surface area (Å²) in [7, 11) is 3.67. The van der Waals surface area contributed by atoms with Gasteiger partial charge in [-0.25, -0.2) is 4.98 Å². The van der Waals surface area contributed by atoms with Crippen molar-refractivity contribution in [2.75, 3.05) is 12.4 Å². The zero-order valence-corrected chi connectivity index (χ0v) is 16.5. The van der Waals surface area contributed by atoms with E-state index in [1.54, 1.807) is 7.11 Å². The molecule has 0 bridgehead atoms. The number of nitrogens with zero attached hydrogens (tertiary/aromatic N) is 2. The average Bonchev–Trinajstić information content (AvgIpc) is 3.13. The quantitative estimate of drug-likeness (QED) is 0.456. The van der Waals surface area contributed by atoms with Gasteiger partial charge < -0.3 is 19.4 Å². The first-order valence-corrected chi connectivity index (χ1v) is 9.45. The van der Waals surface area contributed by atoms with Crippen LogP contribution in [0.4, 0.5) is 5.95 Å². The van der Waals surface area contributed by atoms with Gasteiger partial charge >= 0.3 is 0 Å². The summed E-state index contributed by atoms with van der Waals surface area (Å²) in [6, 6.07) is 25.8. The molecule has 5 nitrogen and oxygen atoms in total. The standard InChI is InChI=1S/C24H23N3O2/c1-27-23(19-9-7-12-21(15-19)28-2)17-26-24(27)25-16-18-8-6-13-22(14-18)29-20-10-4-3-5-11-20/h3-15,17H,16H2,1-2H3,(H,25,26). The highest BCUT2D eigenvalue weighted by atomic mass is 16.5. The molecule has 29 heavy (non-hydrogen) atoms. The van der Waals surface area contributed by atoms with E-state index in [-0.39, 0.29) is 0 Å². The number of aromatic nitrogens is 2. The van der Waals surface area contributed by atoms with Crippen LogP contribution in [0.25, 0.3) is 11.3 Å². The fourth-order valence-corrected chi connectivity index (χ4v) is 3.15. The van der Waals surface area contributed by atoms with Crippen molar-refractivity contribution in [2.24, 2.45) is 7.05 Å². The van der Waals surface area contributed by atoms with E-state index in [4.69, 9.17) is 9.47 Å². The van der Waals surface area contributed by atoms with Crippen molar-refractivity contribution in [1.82, 2.24) is 9.55 Å². The topological polar surface area (TPSA) is 48.3 Å². The minimum atomic E-state index is 0.647. The second-order valence-corrected chi connectivity index (χ2v) is 6.67. The molecule has 0 aliphatic heterocycles. The van der Waals surface area contributed by atoms with Gasteiger partial charge in [0.2, 0.25) is 5.95 Å². The predicted molar refractivity (Wildman–Crippen MR) is 115 cm³/mol. The minimum absolute atomic E-state index is 0.647. The largest absolute Gasteiger partial charge is 0.497 e. The Hall–Kier alpha value is -3.73. The number of hydrogen-bond donors (Lipinski definition) is 1. The summed E-state index contributed by atoms with van der Waals surface area (Å²) >= 11 is 0. The summed E-state index contributed by atoms with van der Waals surface area (Å²) in [6.45, 7) is 0.647. The van der Waals surface area contributed by atoms with Gasteiger partial charge in [-0.2, -0.15) is 0 Å². The molecular formula is C24H23N3O2. The summed E-state index contributed by atoms with van der Waals surface area (Å²) < 4.78 is 13.3. The van der Waals surface area contributed by atoms with E-state index >= 15 is 0 Å². The summed E-state index contributed by atoms with van der Waals surface area (Å²) in [5, 5.41) is 3.40. The van der Waals surface area contributed by atoms with Crippen LogP contribution in [0.2, 0.25) is 0 Å². The molecule has 0 atom stereocenters. The Kier molecular flexibility index (Phi) is 5.47. The lowest BCUT2D eigenvalue weighted by atomic mass is 10.1. The van der Waals surface area contributed by atoms with Crippen LogP contribution in [-0.4, -0.2) is 16.7 Å². The molecule has 0 radical (unpaired) electrons. The Morgan fingerprint density at radius 3 is 2.45 bits per heavy atom. The molecular weight excluding hydrogens is 362 g/mol. The molecule has 4 aromatic rings. The molecule has 4 rings (SSSR count). The van der Waals surface area contributed by atoms with Crippen LogP contribution in [0, 0.1) is 0 Å². The predicted octanol–water partition coefficient (Wildman–Crippen LogP) is 5.50. The number of rotatable bonds is 7. The highest BCUT2D eigenvalue weighted by molar-refractivity contribution is 5.63. The summed E-state index contributed by atoms with van der Waals surface area (Å²) in [5.74, 6) is 3.27. The number of hydrogen-bond acceptors (Lipinski definition) is 4. The van der Waals surface area contributed by atoms with E-state index in [2.05, 4.69) is 16.4 Å². The van der Waals surface area contributed by atoms with E-state index in [1.807, 2.05) is 90.6 Å². The number of para-hydroxylation sites is 1. The second kappa shape index (κ2) is 8.52. The van der Waals surface area contributed by atoms with Crippen LogP contribution in [0.1, 0.15) is 5.56 Å². The molecule has 0 fully saturated rings. The van der Waals surface area contributed by atoms with Gasteiger partial charge in [-0.3, -0.25) is 0 Å². The molecule has 146 valence electrons. The minimum Gasteiger partial charge on any atom is -0.497 e. The van der Waals surface area contributed by atoms with Crippen LogP contribution in [-0.2, 0) is 13.6 Å². The van der Waals surface area contributed by atoms with Gasteiger partial charge in [-0.1, -0.05) is 42.5 Å². The zero-order chi connectivity index (χ0) is 20.1. The molecule has 1 aromatic heterocycles. The number of methoxy groups -OCH3 is 1. The van der Waals surface area contributed by atoms with Crippen LogP contribution in [0.3, 0.4) is 0 Å². The Labute approximate surface area is 170 Å². The van der Waals surface area contributed by atoms with E-state index in [9.17, 15) is 0 Å². The lowest BCUT2D eigenvalue weighted by Crippen LogP contribution is -2.05. The van der Waals surface area contributed by atoms with Gasteiger partial charge in [0.25, 0.3) is 0 Å². The molecule has 0 aliphatic rings. The highest BCUT2D eigenvalue weighted by Gasteiger charge is 2.09. The Balaban J connectivity index is 1.46. The van der Waals surface area contributed by atoms with Crippen molar-refractivity contribution in [3.8, 4) is 28.5 Å². The molecule has 0 aliphatic carbocycles. The highest BCUT2D eigenvalue weighted by Crippen LogP contribution is 2.26. The maximum absolute atomic E-state index is 5.92. The molecule has 0 saturated heterocycles. The maximum Gasteiger partial charge on any atom is 0.203 e. The molecule has 3 aromatic carbocycles. The second-order valence-electron chi connectivity index (χ2n) is 6.67. The van der Waals surface area contributed by atoms with E-state index in [0.717, 1.165) is 40.0 Å². The molecule has 0 spiro atoms. The number of nitrogens with one attached hydrogen (secondary N) is 1. The third-order valence-corrected chi connectivity index (χ3v) is 4.68. The summed E-state index contributed by atoms with van der Waals surface area (Å²) in [5.41, 5.74) is 3.20. The van der Waals surface area contributed by atoms with Crippen LogP contribution >= 0.6 is 0 Å². The zero-order valence-electron chi connectivity index (χ0n) is 16.5. The van der Waals surface area contributed by atoms with Crippen molar-refractivity contribution in [3.05, 3.63) is 90.6 Å². The third-order valence-electron chi connectivity index (χ3n) is 4.68. The van der Waals surface area contributed by atoms with Gasteiger partial charge in [0.05, 0.1) is 19.0 Å². The number of benzene rings is 3. The van der Waals surface area contributed by atoms with Gasteiger partial charge in [0, 0.05) is 19.2 Å². The fourth-order valence-electron chi connectivity index (χ4n) is 3.15. The number of ether oxygens (including phenoxy) is 2. The van der Waals surface area contributed by atoms with Gasteiger partial charge in [0.1, 0.15) is 17.2 Å². The molecule has 0 saturated carbocycles. The van der Waals surface area contributed by atoms with Crippen LogP contribution in [0.5, 0.6) is 17.2 Å². The van der Waals surface area contributed by atoms with Crippen molar-refractivity contribution in [1.29, 1.82) is 0 Å². The van der Waals surface area contributed by atoms with Crippen molar-refractivity contribution < 1.29 is 9.47 Å². The number of imidazole rings is 1. The maximum atomic E-state index is 5.92. The fraction of sp³-hybridized carbons (Fsp3) is 0.125. The van der Waals surface area contributed by atoms with E-state index < -0.39 is 0 Å². The first-order valence-electron chi connectivity index (χ1n) is 9.45. The van der Waals surface area contributed by atoms with E-state index in [0.29, 0.717) is 6.54 Å². The summed E-state index contributed by atoms with van der Waals surface area (Å²) in [6.07, 6.45) is 1.87. The van der Waals surface area contributed by atoms with Crippen LogP contribution < -0.4 is 14.8 Å². The first kappa shape index (κ1) is 18.6. The van der Waals surface area contributed by atoms with E-state index in [1.165, 1.54) is 0 Å². The van der Waals surface area contributed by atoms with Gasteiger partial charge in [-0.05, 0) is 42.0 Å². The van der Waals surface area contributed by atoms with Gasteiger partial charge in [-0.15, -0.1) is 0 Å². The summed E-state index contributed by atoms with van der Waals surface area (Å²) in [4.78, 5) is 4.53. The first-order chi connectivity index (χ1) is 14.2. The molecule has 5 heteroatoms. The SMILES string of the molecule is COc1cccc(-c2cnc(NCc3cccc(Oc4ccccc4)c3)n2C)c1. The average molecular weight is 385 g/mol. The molecule has 1 N–H and O–H groups in total. The Morgan fingerprint density at radius 1 is 0.862 bits per heavy atom. The van der Waals surface area contributed by atoms with Crippen molar-refractivity contribution in [2.45, 2.75) is 6.54 Å². The lowest BCUT2D eigenvalue weighted by molar-refractivity contribution is 0.415. The van der Waals surface area contributed by atoms with Crippen molar-refractivity contribution >= 4 is 5.95 Å². The lowest BCUT2D eigenvalue weighted by Gasteiger charge is -2.11. The normalized spacial score (nSPS) is 10.6. The monoisotopic (exact) mass is 385 g/mol. The number of anilines is 1. The van der Waals surface area contributed by atoms with Crippen molar-refractivity contribution in [3.63, 3.8) is 0 Å². The van der Waals surface area contributed by atoms with Crippen LogP contribution in [0.15, 0.2) is 85.1 Å². The smallest absolute Gasteiger partial charge is 0.203 e. The third kappa shape index (κ3) is 4.41. The Morgan fingerprint density at radius 2 is 1.62 bits per heavy atom. The van der Waals surface area contributed by atoms with Gasteiger partial charge in [0.15, 0.2) is 0 Å².